The molecular formula is C18H19N3O3. The van der Waals surface area contributed by atoms with E-state index in [0.29, 0.717) is 17.6 Å². The number of fused-ring (bicyclic) bond motifs is 1. The number of carbonyl (C=O) groups is 1. The van der Waals surface area contributed by atoms with Gasteiger partial charge in [-0.05, 0) is 26.0 Å². The molecule has 1 heterocycles. The predicted molar refractivity (Wildman–Crippen MR) is 93.4 cm³/mol. The Kier molecular flexibility index (Phi) is 4.12. The molecule has 0 saturated carbocycles. The summed E-state index contributed by atoms with van der Waals surface area (Å²) in [5.41, 5.74) is 2.09. The van der Waals surface area contributed by atoms with Crippen LogP contribution in [-0.4, -0.2) is 20.6 Å². The number of nitrogens with zero attached hydrogens (tertiary/aromatic N) is 1. The first-order chi connectivity index (χ1) is 11.5. The average Bonchev–Trinajstić information content (AvgIpc) is 2.79. The third kappa shape index (κ3) is 2.90. The van der Waals surface area contributed by atoms with Gasteiger partial charge in [-0.15, -0.1) is 0 Å². The van der Waals surface area contributed by atoms with Gasteiger partial charge in [-0.2, -0.15) is 0 Å². The second kappa shape index (κ2) is 6.23. The van der Waals surface area contributed by atoms with Crippen molar-refractivity contribution >= 4 is 22.4 Å². The highest BCUT2D eigenvalue weighted by molar-refractivity contribution is 6.03. The molecule has 6 heteroatoms. The fourth-order valence-electron chi connectivity index (χ4n) is 2.77. The molecule has 0 unspecified atom stereocenters. The number of anilines is 1. The van der Waals surface area contributed by atoms with Crippen LogP contribution in [0.5, 0.6) is 5.75 Å². The number of hydrogen-bond donors (Lipinski definition) is 3. The molecule has 3 aromatic rings. The number of nitrogens with one attached hydrogen (secondary N) is 2. The SMILES string of the molecule is Cc1[nH]c(=O)n(CCC(=O)Nc2cccc3c(O)cccc23)c1C. The van der Waals surface area contributed by atoms with Gasteiger partial charge in [-0.3, -0.25) is 9.36 Å². The molecule has 0 bridgehead atoms. The highest BCUT2D eigenvalue weighted by Gasteiger charge is 2.11. The molecule has 0 radical (unpaired) electrons. The lowest BCUT2D eigenvalue weighted by atomic mass is 10.1. The third-order valence-electron chi connectivity index (χ3n) is 4.22. The van der Waals surface area contributed by atoms with E-state index in [2.05, 4.69) is 10.3 Å². The predicted octanol–water partition coefficient (Wildman–Crippen LogP) is 2.68. The van der Waals surface area contributed by atoms with E-state index in [-0.39, 0.29) is 23.8 Å². The quantitative estimate of drug-likeness (QED) is 0.689. The van der Waals surface area contributed by atoms with Crippen molar-refractivity contribution in [3.8, 4) is 5.75 Å². The number of aryl methyl sites for hydroxylation is 1. The molecule has 0 fully saturated rings. The summed E-state index contributed by atoms with van der Waals surface area (Å²) in [7, 11) is 0. The zero-order valence-corrected chi connectivity index (χ0v) is 13.6. The summed E-state index contributed by atoms with van der Waals surface area (Å²) in [5.74, 6) is -0.00966. The van der Waals surface area contributed by atoms with Crippen LogP contribution in [0.25, 0.3) is 10.8 Å². The summed E-state index contributed by atoms with van der Waals surface area (Å²) in [6, 6.07) is 10.6. The molecule has 124 valence electrons. The molecule has 1 amide bonds. The first-order valence-corrected chi connectivity index (χ1v) is 7.74. The Morgan fingerprint density at radius 2 is 1.88 bits per heavy atom. The second-order valence-corrected chi connectivity index (χ2v) is 5.77. The molecule has 0 aliphatic heterocycles. The lowest BCUT2D eigenvalue weighted by Gasteiger charge is -2.10. The van der Waals surface area contributed by atoms with Crippen LogP contribution in [0.4, 0.5) is 5.69 Å². The van der Waals surface area contributed by atoms with Crippen molar-refractivity contribution in [1.82, 2.24) is 9.55 Å². The fraction of sp³-hybridized carbons (Fsp3) is 0.222. The Hall–Kier alpha value is -3.02. The van der Waals surface area contributed by atoms with Crippen LogP contribution in [0, 0.1) is 13.8 Å². The monoisotopic (exact) mass is 325 g/mol. The van der Waals surface area contributed by atoms with Crippen molar-refractivity contribution in [1.29, 1.82) is 0 Å². The maximum Gasteiger partial charge on any atom is 0.325 e. The Bertz CT molecular complexity index is 969. The summed E-state index contributed by atoms with van der Waals surface area (Å²) in [5, 5.41) is 14.2. The van der Waals surface area contributed by atoms with Gasteiger partial charge in [0.1, 0.15) is 5.75 Å². The zero-order chi connectivity index (χ0) is 17.3. The number of rotatable bonds is 4. The van der Waals surface area contributed by atoms with Gasteiger partial charge in [0.15, 0.2) is 0 Å². The van der Waals surface area contributed by atoms with Gasteiger partial charge in [0.25, 0.3) is 0 Å². The highest BCUT2D eigenvalue weighted by Crippen LogP contribution is 2.29. The maximum atomic E-state index is 12.2. The van der Waals surface area contributed by atoms with Gasteiger partial charge in [-0.1, -0.05) is 24.3 Å². The van der Waals surface area contributed by atoms with Crippen LogP contribution < -0.4 is 11.0 Å². The van der Waals surface area contributed by atoms with Gasteiger partial charge in [0.05, 0.1) is 0 Å². The molecule has 3 rings (SSSR count). The fourth-order valence-corrected chi connectivity index (χ4v) is 2.77. The Morgan fingerprint density at radius 3 is 2.58 bits per heavy atom. The van der Waals surface area contributed by atoms with Gasteiger partial charge >= 0.3 is 5.69 Å². The zero-order valence-electron chi connectivity index (χ0n) is 13.6. The van der Waals surface area contributed by atoms with Crippen LogP contribution in [0.3, 0.4) is 0 Å². The van der Waals surface area contributed by atoms with E-state index in [1.807, 2.05) is 19.9 Å². The first kappa shape index (κ1) is 15.9. The number of H-pyrrole nitrogens is 1. The average molecular weight is 325 g/mol. The van der Waals surface area contributed by atoms with Crippen molar-refractivity contribution in [2.75, 3.05) is 5.32 Å². The Labute approximate surface area is 138 Å². The molecule has 24 heavy (non-hydrogen) atoms. The van der Waals surface area contributed by atoms with E-state index in [0.717, 1.165) is 16.8 Å². The molecule has 0 spiro atoms. The van der Waals surface area contributed by atoms with Gasteiger partial charge in [0.2, 0.25) is 5.91 Å². The van der Waals surface area contributed by atoms with Crippen LogP contribution in [-0.2, 0) is 11.3 Å². The van der Waals surface area contributed by atoms with E-state index < -0.39 is 0 Å². The molecule has 0 aliphatic rings. The summed E-state index contributed by atoms with van der Waals surface area (Å²) < 4.78 is 1.56. The van der Waals surface area contributed by atoms with Gasteiger partial charge in [-0.25, -0.2) is 4.79 Å². The lowest BCUT2D eigenvalue weighted by molar-refractivity contribution is -0.116. The molecular weight excluding hydrogens is 306 g/mol. The van der Waals surface area contributed by atoms with Crippen molar-refractivity contribution in [2.45, 2.75) is 26.8 Å². The van der Waals surface area contributed by atoms with Crippen molar-refractivity contribution in [2.24, 2.45) is 0 Å². The molecule has 2 aromatic carbocycles. The smallest absolute Gasteiger partial charge is 0.325 e. The summed E-state index contributed by atoms with van der Waals surface area (Å²) in [6.45, 7) is 3.99. The van der Waals surface area contributed by atoms with E-state index >= 15 is 0 Å². The number of amides is 1. The number of hydrogen-bond acceptors (Lipinski definition) is 3. The molecule has 0 saturated heterocycles. The number of benzene rings is 2. The maximum absolute atomic E-state index is 12.2. The van der Waals surface area contributed by atoms with Crippen molar-refractivity contribution in [3.63, 3.8) is 0 Å². The van der Waals surface area contributed by atoms with Crippen molar-refractivity contribution in [3.05, 3.63) is 58.3 Å². The number of phenols is 1. The molecule has 1 aromatic heterocycles. The number of phenolic OH excluding ortho intramolecular Hbond substituents is 1. The second-order valence-electron chi connectivity index (χ2n) is 5.77. The number of aromatic amines is 1. The molecule has 0 aliphatic carbocycles. The lowest BCUT2D eigenvalue weighted by Crippen LogP contribution is -2.22. The van der Waals surface area contributed by atoms with Crippen LogP contribution in [0.2, 0.25) is 0 Å². The summed E-state index contributed by atoms with van der Waals surface area (Å²) >= 11 is 0. The van der Waals surface area contributed by atoms with Gasteiger partial charge in [0, 0.05) is 40.8 Å². The van der Waals surface area contributed by atoms with Crippen LogP contribution >= 0.6 is 0 Å². The number of imidazole rings is 1. The third-order valence-corrected chi connectivity index (χ3v) is 4.22. The molecule has 0 atom stereocenters. The van der Waals surface area contributed by atoms with Crippen LogP contribution in [0.15, 0.2) is 41.2 Å². The molecule has 6 nitrogen and oxygen atoms in total. The van der Waals surface area contributed by atoms with Crippen LogP contribution in [0.1, 0.15) is 17.8 Å². The minimum atomic E-state index is -0.201. The van der Waals surface area contributed by atoms with Crippen molar-refractivity contribution < 1.29 is 9.90 Å². The first-order valence-electron chi connectivity index (χ1n) is 7.74. The van der Waals surface area contributed by atoms with Gasteiger partial charge < -0.3 is 15.4 Å². The minimum Gasteiger partial charge on any atom is -0.507 e. The van der Waals surface area contributed by atoms with E-state index in [9.17, 15) is 14.7 Å². The normalized spacial score (nSPS) is 10.9. The summed E-state index contributed by atoms with van der Waals surface area (Å²) in [6.07, 6.45) is 0.188. The number of aromatic hydroxyl groups is 1. The topological polar surface area (TPSA) is 87.1 Å². The Morgan fingerprint density at radius 1 is 1.17 bits per heavy atom. The number of aromatic nitrogens is 2. The largest absolute Gasteiger partial charge is 0.507 e. The Balaban J connectivity index is 1.76. The molecule has 3 N–H and O–H groups in total. The van der Waals surface area contributed by atoms with E-state index in [1.165, 1.54) is 0 Å². The summed E-state index contributed by atoms with van der Waals surface area (Å²) in [4.78, 5) is 26.8. The number of carbonyl (C=O) groups excluding carboxylic acids is 1. The highest BCUT2D eigenvalue weighted by atomic mass is 16.3. The standard InChI is InChI=1S/C18H19N3O3/c1-11-12(2)21(18(24)19-11)10-9-17(23)20-15-7-3-6-14-13(15)5-4-8-16(14)22/h3-8,22H,9-10H2,1-2H3,(H,19,24)(H,20,23). The van der Waals surface area contributed by atoms with E-state index in [4.69, 9.17) is 0 Å². The minimum absolute atomic E-state index is 0.175. The van der Waals surface area contributed by atoms with E-state index in [1.54, 1.807) is 34.9 Å².